The molecule has 0 aliphatic rings. The van der Waals surface area contributed by atoms with Gasteiger partial charge in [-0.3, -0.25) is 14.4 Å². The molecule has 0 saturated heterocycles. The van der Waals surface area contributed by atoms with Crippen molar-refractivity contribution in [2.45, 2.75) is 18.7 Å². The Balaban J connectivity index is 1.28. The Morgan fingerprint density at radius 1 is 0.826 bits per heavy atom. The molecule has 0 unspecified atom stereocenters. The normalized spacial score (nSPS) is 11.1. The van der Waals surface area contributed by atoms with Gasteiger partial charge in [-0.1, -0.05) is 42.5 Å². The lowest BCUT2D eigenvalue weighted by Gasteiger charge is -2.12. The minimum Gasteiger partial charge on any atom is -0.496 e. The van der Waals surface area contributed by atoms with Crippen molar-refractivity contribution >= 4 is 46.9 Å². The first-order valence-corrected chi connectivity index (χ1v) is 15.5. The topological polar surface area (TPSA) is 110 Å². The van der Waals surface area contributed by atoms with Crippen molar-refractivity contribution < 1.29 is 23.5 Å². The molecule has 1 aromatic heterocycles. The second-order valence-electron chi connectivity index (χ2n) is 10.4. The predicted octanol–water partition coefficient (Wildman–Crippen LogP) is 7.71. The highest BCUT2D eigenvalue weighted by Crippen LogP contribution is 2.31. The molecule has 232 valence electrons. The van der Waals surface area contributed by atoms with E-state index in [1.807, 2.05) is 74.5 Å². The molecule has 0 spiro atoms. The molecule has 3 amide bonds. The van der Waals surface area contributed by atoms with Crippen LogP contribution >= 0.6 is 11.8 Å². The number of methoxy groups -OCH3 is 1. The van der Waals surface area contributed by atoms with Crippen LogP contribution in [0.3, 0.4) is 0 Å². The van der Waals surface area contributed by atoms with E-state index >= 15 is 0 Å². The smallest absolute Gasteiger partial charge is 0.272 e. The molecule has 0 fully saturated rings. The molecular formula is C37H33N3O5S. The van der Waals surface area contributed by atoms with E-state index in [1.54, 1.807) is 55.6 Å². The van der Waals surface area contributed by atoms with Gasteiger partial charge in [0.15, 0.2) is 0 Å². The second kappa shape index (κ2) is 15.0. The van der Waals surface area contributed by atoms with Crippen LogP contribution in [0.25, 0.3) is 17.4 Å². The number of amides is 3. The molecule has 5 rings (SSSR count). The van der Waals surface area contributed by atoms with Gasteiger partial charge in [0, 0.05) is 27.9 Å². The molecule has 4 aromatic carbocycles. The van der Waals surface area contributed by atoms with E-state index in [4.69, 9.17) is 9.15 Å². The highest BCUT2D eigenvalue weighted by Gasteiger charge is 2.17. The fourth-order valence-electron chi connectivity index (χ4n) is 4.55. The summed E-state index contributed by atoms with van der Waals surface area (Å²) in [7, 11) is 1.58. The molecule has 1 heterocycles. The SMILES string of the molecule is COc1ccccc1-c1ccc(/C=C(\NC(=O)c2ccccc2)C(=O)Nc2ccc(SCC(=O)Nc3cc(C)ccc3C)cc2)o1. The van der Waals surface area contributed by atoms with Gasteiger partial charge in [0.25, 0.3) is 11.8 Å². The van der Waals surface area contributed by atoms with E-state index < -0.39 is 11.8 Å². The van der Waals surface area contributed by atoms with Crippen LogP contribution in [-0.4, -0.2) is 30.6 Å². The van der Waals surface area contributed by atoms with Crippen molar-refractivity contribution in [2.24, 2.45) is 0 Å². The van der Waals surface area contributed by atoms with Crippen molar-refractivity contribution in [1.82, 2.24) is 5.32 Å². The number of carbonyl (C=O) groups excluding carboxylic acids is 3. The molecule has 0 atom stereocenters. The third kappa shape index (κ3) is 8.34. The quantitative estimate of drug-likeness (QED) is 0.102. The van der Waals surface area contributed by atoms with Crippen LogP contribution in [0.1, 0.15) is 27.2 Å². The molecule has 0 aliphatic carbocycles. The summed E-state index contributed by atoms with van der Waals surface area (Å²) in [5, 5.41) is 8.53. The number of para-hydroxylation sites is 1. The van der Waals surface area contributed by atoms with Crippen molar-refractivity contribution in [3.8, 4) is 17.1 Å². The number of thioether (sulfide) groups is 1. The Labute approximate surface area is 271 Å². The average Bonchev–Trinajstić information content (AvgIpc) is 3.54. The highest BCUT2D eigenvalue weighted by atomic mass is 32.2. The maximum absolute atomic E-state index is 13.5. The minimum atomic E-state index is -0.534. The van der Waals surface area contributed by atoms with Crippen molar-refractivity contribution in [1.29, 1.82) is 0 Å². The van der Waals surface area contributed by atoms with Crippen LogP contribution in [0.5, 0.6) is 5.75 Å². The van der Waals surface area contributed by atoms with Gasteiger partial charge >= 0.3 is 0 Å². The van der Waals surface area contributed by atoms with Gasteiger partial charge in [-0.2, -0.15) is 0 Å². The first-order valence-electron chi connectivity index (χ1n) is 14.5. The number of aryl methyl sites for hydroxylation is 2. The maximum Gasteiger partial charge on any atom is 0.272 e. The molecule has 0 bridgehead atoms. The number of carbonyl (C=O) groups is 3. The summed E-state index contributed by atoms with van der Waals surface area (Å²) >= 11 is 1.39. The standard InChI is InChI=1S/C37H33N3O5S/c1-24-13-14-25(2)31(21-24)39-35(41)23-46-29-18-15-27(16-19-29)38-37(43)32(40-36(42)26-9-5-4-6-10-26)22-28-17-20-34(45-28)30-11-7-8-12-33(30)44-3/h4-22H,23H2,1-3H3,(H,38,43)(H,39,41)(H,40,42)/b32-22-. The number of nitrogens with one attached hydrogen (secondary N) is 3. The molecule has 8 nitrogen and oxygen atoms in total. The van der Waals surface area contributed by atoms with Gasteiger partial charge in [0.1, 0.15) is 23.0 Å². The molecule has 0 saturated carbocycles. The summed E-state index contributed by atoms with van der Waals surface area (Å²) in [6.07, 6.45) is 1.48. The average molecular weight is 632 g/mol. The van der Waals surface area contributed by atoms with E-state index in [-0.39, 0.29) is 17.4 Å². The molecule has 3 N–H and O–H groups in total. The van der Waals surface area contributed by atoms with Gasteiger partial charge in [-0.15, -0.1) is 11.8 Å². The van der Waals surface area contributed by atoms with Gasteiger partial charge in [0.2, 0.25) is 5.91 Å². The number of rotatable bonds is 11. The van der Waals surface area contributed by atoms with Crippen LogP contribution in [-0.2, 0) is 9.59 Å². The van der Waals surface area contributed by atoms with Crippen LogP contribution in [0.15, 0.2) is 124 Å². The lowest BCUT2D eigenvalue weighted by Crippen LogP contribution is -2.30. The third-order valence-corrected chi connectivity index (χ3v) is 7.98. The van der Waals surface area contributed by atoms with E-state index in [9.17, 15) is 14.4 Å². The van der Waals surface area contributed by atoms with Crippen molar-refractivity contribution in [3.63, 3.8) is 0 Å². The summed E-state index contributed by atoms with van der Waals surface area (Å²) in [4.78, 5) is 39.9. The van der Waals surface area contributed by atoms with E-state index in [1.165, 1.54) is 17.8 Å². The number of ether oxygens (including phenoxy) is 1. The molecule has 0 aliphatic heterocycles. The number of benzene rings is 4. The minimum absolute atomic E-state index is 0.00338. The number of furan rings is 1. The monoisotopic (exact) mass is 631 g/mol. The molecular weight excluding hydrogens is 598 g/mol. The summed E-state index contributed by atoms with van der Waals surface area (Å²) < 4.78 is 11.5. The molecule has 46 heavy (non-hydrogen) atoms. The summed E-state index contributed by atoms with van der Waals surface area (Å²) in [5.74, 6) is 0.714. The van der Waals surface area contributed by atoms with E-state index in [0.717, 1.165) is 27.3 Å². The Morgan fingerprint density at radius 2 is 1.57 bits per heavy atom. The van der Waals surface area contributed by atoms with Gasteiger partial charge < -0.3 is 25.1 Å². The number of anilines is 2. The van der Waals surface area contributed by atoms with Crippen LogP contribution < -0.4 is 20.7 Å². The highest BCUT2D eigenvalue weighted by molar-refractivity contribution is 8.00. The van der Waals surface area contributed by atoms with Crippen LogP contribution in [0.4, 0.5) is 11.4 Å². The summed E-state index contributed by atoms with van der Waals surface area (Å²) in [5.41, 5.74) is 4.55. The first kappa shape index (κ1) is 31.9. The van der Waals surface area contributed by atoms with E-state index in [2.05, 4.69) is 16.0 Å². The van der Waals surface area contributed by atoms with Crippen molar-refractivity contribution in [3.05, 3.63) is 137 Å². The van der Waals surface area contributed by atoms with Gasteiger partial charge in [0.05, 0.1) is 18.4 Å². The fourth-order valence-corrected chi connectivity index (χ4v) is 5.25. The van der Waals surface area contributed by atoms with Gasteiger partial charge in [-0.25, -0.2) is 0 Å². The zero-order valence-electron chi connectivity index (χ0n) is 25.6. The van der Waals surface area contributed by atoms with Crippen LogP contribution in [0, 0.1) is 13.8 Å². The number of hydrogen-bond acceptors (Lipinski definition) is 6. The maximum atomic E-state index is 13.5. The zero-order valence-corrected chi connectivity index (χ0v) is 26.4. The largest absolute Gasteiger partial charge is 0.496 e. The summed E-state index contributed by atoms with van der Waals surface area (Å²) in [6, 6.07) is 32.6. The molecule has 5 aromatic rings. The third-order valence-electron chi connectivity index (χ3n) is 6.96. The Morgan fingerprint density at radius 3 is 2.33 bits per heavy atom. The summed E-state index contributed by atoms with van der Waals surface area (Å²) in [6.45, 7) is 3.94. The first-order chi connectivity index (χ1) is 22.3. The van der Waals surface area contributed by atoms with Crippen LogP contribution in [0.2, 0.25) is 0 Å². The Bertz CT molecular complexity index is 1880. The second-order valence-corrected chi connectivity index (χ2v) is 11.5. The van der Waals surface area contributed by atoms with Gasteiger partial charge in [-0.05, 0) is 91.7 Å². The van der Waals surface area contributed by atoms with E-state index in [0.29, 0.717) is 28.5 Å². The molecule has 9 heteroatoms. The predicted molar refractivity (Wildman–Crippen MR) is 183 cm³/mol. The van der Waals surface area contributed by atoms with Crippen molar-refractivity contribution in [2.75, 3.05) is 23.5 Å². The zero-order chi connectivity index (χ0) is 32.5. The Kier molecular flexibility index (Phi) is 10.4. The lowest BCUT2D eigenvalue weighted by molar-refractivity contribution is -0.114. The Hall–Kier alpha value is -5.54. The fraction of sp³-hybridized carbons (Fsp3) is 0.108. The number of hydrogen-bond donors (Lipinski definition) is 3. The molecule has 0 radical (unpaired) electrons. The lowest BCUT2D eigenvalue weighted by atomic mass is 10.1.